The van der Waals surface area contributed by atoms with Gasteiger partial charge in [-0.25, -0.2) is 14.4 Å². The fraction of sp³-hybridized carbons (Fsp3) is 0.750. The molecule has 0 bridgehead atoms. The van der Waals surface area contributed by atoms with Crippen LogP contribution in [0.1, 0.15) is 12.8 Å². The summed E-state index contributed by atoms with van der Waals surface area (Å²) < 4.78 is 0. The lowest BCUT2D eigenvalue weighted by Gasteiger charge is -2.38. The molecule has 0 aliphatic carbocycles. The normalized spacial score (nSPS) is 29.4. The van der Waals surface area contributed by atoms with Gasteiger partial charge in [-0.3, -0.25) is 0 Å². The van der Waals surface area contributed by atoms with Gasteiger partial charge < -0.3 is 25.1 Å². The van der Waals surface area contributed by atoms with Gasteiger partial charge in [-0.05, 0) is 12.8 Å². The molecule has 3 aliphatic rings. The Balaban J connectivity index is 1.66. The first-order valence-electron chi connectivity index (χ1n) is 6.91. The fourth-order valence-electron chi connectivity index (χ4n) is 3.21. The number of carbonyl (C=O) groups excluding carboxylic acids is 2. The Morgan fingerprint density at radius 2 is 2.05 bits per heavy atom. The molecule has 0 spiro atoms. The molecule has 3 heterocycles. The number of likely N-dealkylation sites (tertiary alicyclic amines) is 1. The molecule has 0 saturated carbocycles. The van der Waals surface area contributed by atoms with Gasteiger partial charge >= 0.3 is 18.0 Å². The number of carbonyl (C=O) groups is 3. The zero-order valence-corrected chi connectivity index (χ0v) is 11.1. The summed E-state index contributed by atoms with van der Waals surface area (Å²) in [6, 6.07) is -0.990. The minimum Gasteiger partial charge on any atom is -0.480 e. The van der Waals surface area contributed by atoms with E-state index in [4.69, 9.17) is 5.11 Å². The van der Waals surface area contributed by atoms with Crippen LogP contribution in [0, 0.1) is 0 Å². The van der Waals surface area contributed by atoms with E-state index in [1.807, 2.05) is 0 Å². The molecular formula is C12H18N4O4. The third kappa shape index (κ3) is 2.04. The molecule has 3 saturated heterocycles. The second-order valence-electron chi connectivity index (χ2n) is 5.45. The van der Waals surface area contributed by atoms with Crippen LogP contribution in [0.4, 0.5) is 9.59 Å². The van der Waals surface area contributed by atoms with Crippen LogP contribution in [0.2, 0.25) is 0 Å². The number of urea groups is 2. The van der Waals surface area contributed by atoms with Gasteiger partial charge in [0.25, 0.3) is 0 Å². The van der Waals surface area contributed by atoms with Gasteiger partial charge in [-0.15, -0.1) is 0 Å². The minimum absolute atomic E-state index is 0.00563. The SMILES string of the molecule is O=C(O)C1CCCN1C(=O)N1CCN2C(=O)NCC2C1. The number of carboxylic acids is 1. The Morgan fingerprint density at radius 3 is 2.80 bits per heavy atom. The largest absolute Gasteiger partial charge is 0.480 e. The van der Waals surface area contributed by atoms with Crippen LogP contribution in [0.15, 0.2) is 0 Å². The number of aliphatic carboxylic acids is 1. The molecule has 2 unspecified atom stereocenters. The molecule has 8 nitrogen and oxygen atoms in total. The highest BCUT2D eigenvalue weighted by Gasteiger charge is 2.41. The minimum atomic E-state index is -0.938. The topological polar surface area (TPSA) is 93.2 Å². The van der Waals surface area contributed by atoms with Crippen molar-refractivity contribution in [3.63, 3.8) is 0 Å². The van der Waals surface area contributed by atoms with Gasteiger partial charge in [-0.2, -0.15) is 0 Å². The first-order chi connectivity index (χ1) is 9.58. The molecule has 0 radical (unpaired) electrons. The fourth-order valence-corrected chi connectivity index (χ4v) is 3.21. The molecule has 110 valence electrons. The number of carboxylic acid groups (broad SMARTS) is 1. The van der Waals surface area contributed by atoms with Crippen molar-refractivity contribution in [2.45, 2.75) is 24.9 Å². The van der Waals surface area contributed by atoms with Gasteiger partial charge in [0.1, 0.15) is 6.04 Å². The predicted octanol–water partition coefficient (Wildman–Crippen LogP) is -0.635. The number of nitrogens with zero attached hydrogens (tertiary/aromatic N) is 3. The van der Waals surface area contributed by atoms with E-state index >= 15 is 0 Å². The van der Waals surface area contributed by atoms with Gasteiger partial charge in [0.2, 0.25) is 0 Å². The van der Waals surface area contributed by atoms with Gasteiger partial charge in [-0.1, -0.05) is 0 Å². The lowest BCUT2D eigenvalue weighted by atomic mass is 10.2. The first-order valence-corrected chi connectivity index (χ1v) is 6.91. The Kier molecular flexibility index (Phi) is 3.15. The molecule has 20 heavy (non-hydrogen) atoms. The summed E-state index contributed by atoms with van der Waals surface area (Å²) >= 11 is 0. The highest BCUT2D eigenvalue weighted by molar-refractivity contribution is 5.84. The third-order valence-electron chi connectivity index (χ3n) is 4.29. The van der Waals surface area contributed by atoms with Crippen molar-refractivity contribution in [1.82, 2.24) is 20.0 Å². The van der Waals surface area contributed by atoms with E-state index in [1.165, 1.54) is 4.90 Å². The lowest BCUT2D eigenvalue weighted by molar-refractivity contribution is -0.141. The van der Waals surface area contributed by atoms with Crippen molar-refractivity contribution in [2.24, 2.45) is 0 Å². The van der Waals surface area contributed by atoms with Crippen LogP contribution in [-0.2, 0) is 4.79 Å². The van der Waals surface area contributed by atoms with E-state index < -0.39 is 12.0 Å². The molecular weight excluding hydrogens is 264 g/mol. The maximum Gasteiger partial charge on any atom is 0.326 e. The van der Waals surface area contributed by atoms with Crippen LogP contribution in [-0.4, -0.2) is 82.6 Å². The highest BCUT2D eigenvalue weighted by atomic mass is 16.4. The van der Waals surface area contributed by atoms with Crippen molar-refractivity contribution >= 4 is 18.0 Å². The standard InChI is InChI=1S/C12H18N4O4/c17-10(18)9-2-1-3-16(9)12(20)14-4-5-15-8(7-14)6-13-11(15)19/h8-9H,1-7H2,(H,13,19)(H,17,18). The Hall–Kier alpha value is -1.99. The summed E-state index contributed by atoms with van der Waals surface area (Å²) in [5.74, 6) is -0.938. The lowest BCUT2D eigenvalue weighted by Crippen LogP contribution is -2.57. The molecule has 3 fully saturated rings. The van der Waals surface area contributed by atoms with Crippen molar-refractivity contribution in [2.75, 3.05) is 32.7 Å². The number of fused-ring (bicyclic) bond motifs is 1. The first kappa shape index (κ1) is 13.0. The second-order valence-corrected chi connectivity index (χ2v) is 5.45. The average Bonchev–Trinajstić information content (AvgIpc) is 3.05. The summed E-state index contributed by atoms with van der Waals surface area (Å²) in [5, 5.41) is 11.9. The number of nitrogens with one attached hydrogen (secondary N) is 1. The molecule has 0 aromatic rings. The van der Waals surface area contributed by atoms with Gasteiger partial charge in [0.05, 0.1) is 6.04 Å². The number of rotatable bonds is 1. The molecule has 2 atom stereocenters. The van der Waals surface area contributed by atoms with Crippen LogP contribution in [0.5, 0.6) is 0 Å². The van der Waals surface area contributed by atoms with Crippen LogP contribution < -0.4 is 5.32 Å². The molecule has 3 rings (SSSR count). The molecule has 0 aromatic carbocycles. The zero-order valence-electron chi connectivity index (χ0n) is 11.1. The van der Waals surface area contributed by atoms with Crippen molar-refractivity contribution in [1.29, 1.82) is 0 Å². The van der Waals surface area contributed by atoms with E-state index in [0.717, 1.165) is 6.42 Å². The third-order valence-corrected chi connectivity index (χ3v) is 4.29. The number of hydrogen-bond donors (Lipinski definition) is 2. The van der Waals surface area contributed by atoms with Gasteiger partial charge in [0, 0.05) is 32.7 Å². The van der Waals surface area contributed by atoms with Crippen molar-refractivity contribution < 1.29 is 19.5 Å². The number of hydrogen-bond acceptors (Lipinski definition) is 3. The van der Waals surface area contributed by atoms with E-state index in [-0.39, 0.29) is 18.1 Å². The summed E-state index contributed by atoms with van der Waals surface area (Å²) in [6.07, 6.45) is 1.25. The van der Waals surface area contributed by atoms with E-state index in [1.54, 1.807) is 9.80 Å². The molecule has 2 N–H and O–H groups in total. The summed E-state index contributed by atoms with van der Waals surface area (Å²) in [7, 11) is 0. The summed E-state index contributed by atoms with van der Waals surface area (Å²) in [5.41, 5.74) is 0. The monoisotopic (exact) mass is 282 g/mol. The van der Waals surface area contributed by atoms with Crippen molar-refractivity contribution in [3.8, 4) is 0 Å². The molecule has 0 aromatic heterocycles. The van der Waals surface area contributed by atoms with E-state index in [9.17, 15) is 14.4 Å². The maximum atomic E-state index is 12.4. The Labute approximate surface area is 116 Å². The van der Waals surface area contributed by atoms with E-state index in [2.05, 4.69) is 5.32 Å². The number of piperazine rings is 1. The quantitative estimate of drug-likeness (QED) is 0.669. The van der Waals surface area contributed by atoms with Crippen LogP contribution in [0.3, 0.4) is 0 Å². The maximum absolute atomic E-state index is 12.4. The van der Waals surface area contributed by atoms with Crippen LogP contribution in [0.25, 0.3) is 0 Å². The Bertz CT molecular complexity index is 455. The smallest absolute Gasteiger partial charge is 0.326 e. The summed E-state index contributed by atoms with van der Waals surface area (Å²) in [6.45, 7) is 2.49. The van der Waals surface area contributed by atoms with E-state index in [0.29, 0.717) is 39.1 Å². The highest BCUT2D eigenvalue weighted by Crippen LogP contribution is 2.22. The van der Waals surface area contributed by atoms with Crippen LogP contribution >= 0.6 is 0 Å². The Morgan fingerprint density at radius 1 is 1.25 bits per heavy atom. The zero-order chi connectivity index (χ0) is 14.3. The number of amides is 4. The molecule has 4 amide bonds. The predicted molar refractivity (Wildman–Crippen MR) is 68.2 cm³/mol. The van der Waals surface area contributed by atoms with Gasteiger partial charge in [0.15, 0.2) is 0 Å². The average molecular weight is 282 g/mol. The van der Waals surface area contributed by atoms with Crippen molar-refractivity contribution in [3.05, 3.63) is 0 Å². The summed E-state index contributed by atoms with van der Waals surface area (Å²) in [4.78, 5) is 40.0. The molecule has 8 heteroatoms. The second kappa shape index (κ2) is 4.84. The molecule has 3 aliphatic heterocycles.